The SMILES string of the molecule is CC(C)c1c(C(C)C)c(S(=O)(=O)O)c2ccccc2c1C(C)C.N. The van der Waals surface area contributed by atoms with E-state index in [9.17, 15) is 13.0 Å². The minimum Gasteiger partial charge on any atom is -0.344 e. The summed E-state index contributed by atoms with van der Waals surface area (Å²) in [5, 5.41) is 1.54. The molecule has 4 nitrogen and oxygen atoms in total. The van der Waals surface area contributed by atoms with Crippen LogP contribution in [0.25, 0.3) is 10.8 Å². The summed E-state index contributed by atoms with van der Waals surface area (Å²) in [6.45, 7) is 12.4. The average molecular weight is 352 g/mol. The third-order valence-corrected chi connectivity index (χ3v) is 5.23. The fourth-order valence-corrected chi connectivity index (χ4v) is 4.65. The summed E-state index contributed by atoms with van der Waals surface area (Å²) in [7, 11) is -4.30. The van der Waals surface area contributed by atoms with Crippen LogP contribution < -0.4 is 6.15 Å². The molecular weight excluding hydrogens is 322 g/mol. The van der Waals surface area contributed by atoms with Gasteiger partial charge in [0.15, 0.2) is 0 Å². The van der Waals surface area contributed by atoms with Crippen LogP contribution in [-0.2, 0) is 10.1 Å². The zero-order chi connectivity index (χ0) is 17.5. The molecule has 0 atom stereocenters. The molecule has 2 rings (SSSR count). The van der Waals surface area contributed by atoms with Crippen molar-refractivity contribution in [1.82, 2.24) is 6.15 Å². The van der Waals surface area contributed by atoms with Crippen LogP contribution in [-0.4, -0.2) is 13.0 Å². The fourth-order valence-electron chi connectivity index (χ4n) is 3.57. The Balaban J connectivity index is 0.00000288. The topological polar surface area (TPSA) is 89.4 Å². The summed E-state index contributed by atoms with van der Waals surface area (Å²) in [5.41, 5.74) is 3.00. The molecule has 0 fully saturated rings. The Morgan fingerprint density at radius 1 is 0.750 bits per heavy atom. The number of fused-ring (bicyclic) bond motifs is 1. The quantitative estimate of drug-likeness (QED) is 0.700. The van der Waals surface area contributed by atoms with E-state index in [-0.39, 0.29) is 28.8 Å². The first-order chi connectivity index (χ1) is 10.6. The minimum absolute atomic E-state index is 0. The van der Waals surface area contributed by atoms with Gasteiger partial charge in [0.2, 0.25) is 0 Å². The molecule has 0 aliphatic rings. The van der Waals surface area contributed by atoms with Gasteiger partial charge < -0.3 is 6.15 Å². The van der Waals surface area contributed by atoms with E-state index in [1.165, 1.54) is 5.56 Å². The van der Waals surface area contributed by atoms with Crippen molar-refractivity contribution < 1.29 is 13.0 Å². The second kappa shape index (κ2) is 7.21. The molecule has 0 spiro atoms. The van der Waals surface area contributed by atoms with E-state index >= 15 is 0 Å². The Bertz CT molecular complexity index is 837. The summed E-state index contributed by atoms with van der Waals surface area (Å²) in [4.78, 5) is 0.0798. The van der Waals surface area contributed by atoms with Crippen LogP contribution in [0.5, 0.6) is 0 Å². The van der Waals surface area contributed by atoms with Crippen molar-refractivity contribution in [2.75, 3.05) is 0 Å². The number of hydrogen-bond acceptors (Lipinski definition) is 3. The predicted octanol–water partition coefficient (Wildman–Crippen LogP) is 5.62. The van der Waals surface area contributed by atoms with Crippen molar-refractivity contribution >= 4 is 20.9 Å². The zero-order valence-corrected chi connectivity index (χ0v) is 16.2. The van der Waals surface area contributed by atoms with E-state index in [0.717, 1.165) is 16.5 Å². The van der Waals surface area contributed by atoms with Crippen molar-refractivity contribution in [3.8, 4) is 0 Å². The smallest absolute Gasteiger partial charge is 0.295 e. The maximum Gasteiger partial charge on any atom is 0.295 e. The maximum atomic E-state index is 12.2. The molecule has 0 aliphatic heterocycles. The number of rotatable bonds is 4. The lowest BCUT2D eigenvalue weighted by molar-refractivity contribution is 0.482. The molecule has 0 saturated carbocycles. The molecule has 134 valence electrons. The molecule has 0 saturated heterocycles. The summed E-state index contributed by atoms with van der Waals surface area (Å²) < 4.78 is 34.3. The van der Waals surface area contributed by atoms with Crippen LogP contribution in [0.15, 0.2) is 29.2 Å². The van der Waals surface area contributed by atoms with E-state index in [4.69, 9.17) is 0 Å². The largest absolute Gasteiger partial charge is 0.344 e. The zero-order valence-electron chi connectivity index (χ0n) is 15.4. The van der Waals surface area contributed by atoms with Crippen molar-refractivity contribution in [2.45, 2.75) is 64.2 Å². The van der Waals surface area contributed by atoms with Crippen molar-refractivity contribution in [1.29, 1.82) is 0 Å². The molecule has 0 aliphatic carbocycles. The highest BCUT2D eigenvalue weighted by atomic mass is 32.2. The highest BCUT2D eigenvalue weighted by Crippen LogP contribution is 2.43. The van der Waals surface area contributed by atoms with Crippen LogP contribution in [0.1, 0.15) is 76.0 Å². The monoisotopic (exact) mass is 351 g/mol. The van der Waals surface area contributed by atoms with Gasteiger partial charge in [-0.1, -0.05) is 65.8 Å². The number of benzene rings is 2. The first kappa shape index (κ1) is 20.6. The predicted molar refractivity (Wildman–Crippen MR) is 101 cm³/mol. The normalized spacial score (nSPS) is 12.2. The molecule has 4 N–H and O–H groups in total. The average Bonchev–Trinajstić information content (AvgIpc) is 2.42. The Labute approximate surface area is 145 Å². The third-order valence-electron chi connectivity index (χ3n) is 4.28. The van der Waals surface area contributed by atoms with Crippen molar-refractivity contribution in [2.24, 2.45) is 0 Å². The molecular formula is C19H29NO3S. The third kappa shape index (κ3) is 3.48. The molecule has 5 heteroatoms. The van der Waals surface area contributed by atoms with Gasteiger partial charge in [0.1, 0.15) is 4.90 Å². The van der Waals surface area contributed by atoms with E-state index in [0.29, 0.717) is 5.39 Å². The van der Waals surface area contributed by atoms with Crippen LogP contribution >= 0.6 is 0 Å². The molecule has 0 aromatic heterocycles. The standard InChI is InChI=1S/C19H26O3S.H3N/c1-11(2)16-14-9-7-8-10-15(14)19(23(20,21)22)18(13(5)6)17(16)12(3)4;/h7-13H,1-6H3,(H,20,21,22);1H3. The molecule has 2 aromatic carbocycles. The first-order valence-electron chi connectivity index (χ1n) is 8.13. The highest BCUT2D eigenvalue weighted by molar-refractivity contribution is 7.86. The van der Waals surface area contributed by atoms with E-state index in [2.05, 4.69) is 27.7 Å². The lowest BCUT2D eigenvalue weighted by Crippen LogP contribution is -2.13. The van der Waals surface area contributed by atoms with E-state index in [1.807, 2.05) is 32.0 Å². The van der Waals surface area contributed by atoms with Gasteiger partial charge in [-0.2, -0.15) is 8.42 Å². The highest BCUT2D eigenvalue weighted by Gasteiger charge is 2.29. The lowest BCUT2D eigenvalue weighted by Gasteiger charge is -2.27. The summed E-state index contributed by atoms with van der Waals surface area (Å²) in [6, 6.07) is 7.48. The maximum absolute atomic E-state index is 12.2. The van der Waals surface area contributed by atoms with Crippen molar-refractivity contribution in [3.63, 3.8) is 0 Å². The first-order valence-corrected chi connectivity index (χ1v) is 9.57. The molecule has 0 amide bonds. The van der Waals surface area contributed by atoms with Gasteiger partial charge in [-0.25, -0.2) is 0 Å². The molecule has 24 heavy (non-hydrogen) atoms. The van der Waals surface area contributed by atoms with Gasteiger partial charge in [-0.3, -0.25) is 4.55 Å². The second-order valence-electron chi connectivity index (χ2n) is 7.05. The van der Waals surface area contributed by atoms with Gasteiger partial charge in [-0.05, 0) is 39.8 Å². The molecule has 0 bridgehead atoms. The fraction of sp³-hybridized carbons (Fsp3) is 0.474. The van der Waals surface area contributed by atoms with Gasteiger partial charge in [0.25, 0.3) is 10.1 Å². The summed E-state index contributed by atoms with van der Waals surface area (Å²) >= 11 is 0. The second-order valence-corrected chi connectivity index (χ2v) is 8.41. The molecule has 2 aromatic rings. The molecule has 0 heterocycles. The minimum atomic E-state index is -4.30. The number of hydrogen-bond donors (Lipinski definition) is 2. The van der Waals surface area contributed by atoms with Gasteiger partial charge in [0.05, 0.1) is 0 Å². The molecule has 0 radical (unpaired) electrons. The van der Waals surface area contributed by atoms with Crippen LogP contribution in [0.2, 0.25) is 0 Å². The van der Waals surface area contributed by atoms with Gasteiger partial charge in [-0.15, -0.1) is 0 Å². The molecule has 0 unspecified atom stereocenters. The summed E-state index contributed by atoms with van der Waals surface area (Å²) in [5.74, 6) is 0.451. The van der Waals surface area contributed by atoms with Crippen LogP contribution in [0.3, 0.4) is 0 Å². The van der Waals surface area contributed by atoms with E-state index < -0.39 is 10.1 Å². The van der Waals surface area contributed by atoms with Crippen LogP contribution in [0, 0.1) is 0 Å². The lowest BCUT2D eigenvalue weighted by atomic mass is 9.80. The Kier molecular flexibility index (Phi) is 6.20. The van der Waals surface area contributed by atoms with Crippen molar-refractivity contribution in [3.05, 3.63) is 41.0 Å². The Morgan fingerprint density at radius 2 is 1.17 bits per heavy atom. The Hall–Kier alpha value is -1.43. The van der Waals surface area contributed by atoms with Gasteiger partial charge in [0, 0.05) is 5.39 Å². The summed E-state index contributed by atoms with van der Waals surface area (Å²) in [6.07, 6.45) is 0. The Morgan fingerprint density at radius 3 is 1.54 bits per heavy atom. The van der Waals surface area contributed by atoms with Crippen LogP contribution in [0.4, 0.5) is 0 Å². The van der Waals surface area contributed by atoms with Gasteiger partial charge >= 0.3 is 0 Å². The van der Waals surface area contributed by atoms with E-state index in [1.54, 1.807) is 6.07 Å².